The van der Waals surface area contributed by atoms with E-state index < -0.39 is 0 Å². The molecule has 1 amide bonds. The Morgan fingerprint density at radius 3 is 2.53 bits per heavy atom. The van der Waals surface area contributed by atoms with E-state index in [2.05, 4.69) is 5.32 Å². The predicted molar refractivity (Wildman–Crippen MR) is 62.6 cm³/mol. The third-order valence-corrected chi connectivity index (χ3v) is 2.37. The molecule has 0 fully saturated rings. The molecule has 15 heavy (non-hydrogen) atoms. The molecule has 1 aromatic carbocycles. The lowest BCUT2D eigenvalue weighted by Crippen LogP contribution is -2.37. The minimum absolute atomic E-state index is 0.0575. The molecule has 4 heteroatoms. The van der Waals surface area contributed by atoms with Crippen molar-refractivity contribution in [3.8, 4) is 0 Å². The number of hydrogen-bond acceptors (Lipinski definition) is 3. The molecule has 0 radical (unpaired) electrons. The number of carbonyl (C=O) groups is 1. The first-order valence-electron chi connectivity index (χ1n) is 4.84. The van der Waals surface area contributed by atoms with Crippen LogP contribution < -0.4 is 11.1 Å². The molecule has 1 aromatic rings. The van der Waals surface area contributed by atoms with E-state index in [9.17, 15) is 4.79 Å². The summed E-state index contributed by atoms with van der Waals surface area (Å²) in [5.74, 6) is -0.0575. The molecule has 0 aliphatic rings. The van der Waals surface area contributed by atoms with Crippen molar-refractivity contribution in [2.24, 2.45) is 0 Å². The highest BCUT2D eigenvalue weighted by Crippen LogP contribution is 2.16. The van der Waals surface area contributed by atoms with Crippen molar-refractivity contribution in [2.45, 2.75) is 13.0 Å². The van der Waals surface area contributed by atoms with Crippen LogP contribution in [0.25, 0.3) is 0 Å². The molecule has 0 aliphatic carbocycles. The first-order chi connectivity index (χ1) is 7.02. The number of nitrogens with one attached hydrogen (secondary N) is 1. The van der Waals surface area contributed by atoms with Crippen molar-refractivity contribution in [1.82, 2.24) is 4.90 Å². The van der Waals surface area contributed by atoms with Crippen molar-refractivity contribution >= 4 is 17.3 Å². The molecule has 1 rings (SSSR count). The molecule has 0 saturated carbocycles. The van der Waals surface area contributed by atoms with E-state index in [0.717, 1.165) is 0 Å². The summed E-state index contributed by atoms with van der Waals surface area (Å²) in [6, 6.07) is 7.04. The summed E-state index contributed by atoms with van der Waals surface area (Å²) in [5.41, 5.74) is 6.96. The molecule has 3 N–H and O–H groups in total. The molecule has 82 valence electrons. The molecule has 0 saturated heterocycles. The van der Waals surface area contributed by atoms with E-state index in [1.165, 1.54) is 0 Å². The van der Waals surface area contributed by atoms with Crippen molar-refractivity contribution in [2.75, 3.05) is 25.1 Å². The third kappa shape index (κ3) is 2.95. The topological polar surface area (TPSA) is 58.4 Å². The molecule has 0 heterocycles. The number of nitrogens with two attached hydrogens (primary N) is 1. The van der Waals surface area contributed by atoms with Gasteiger partial charge >= 0.3 is 0 Å². The summed E-state index contributed by atoms with van der Waals surface area (Å²) in [6.07, 6.45) is 0. The van der Waals surface area contributed by atoms with Gasteiger partial charge in [0.15, 0.2) is 0 Å². The molecule has 0 bridgehead atoms. The standard InChI is InChI=1S/C11H17N3O/c1-8(14(2)3)11(15)13-10-7-5-4-6-9(10)12/h4-8H,12H2,1-3H3,(H,13,15). The number of rotatable bonds is 3. The zero-order valence-electron chi connectivity index (χ0n) is 9.32. The van der Waals surface area contributed by atoms with Crippen LogP contribution in [0.2, 0.25) is 0 Å². The van der Waals surface area contributed by atoms with Gasteiger partial charge < -0.3 is 11.1 Å². The van der Waals surface area contributed by atoms with Crippen LogP contribution in [-0.4, -0.2) is 30.9 Å². The average Bonchev–Trinajstić information content (AvgIpc) is 2.20. The summed E-state index contributed by atoms with van der Waals surface area (Å²) in [5, 5.41) is 2.79. The third-order valence-electron chi connectivity index (χ3n) is 2.37. The number of anilines is 2. The van der Waals surface area contributed by atoms with Gasteiger partial charge in [0.1, 0.15) is 0 Å². The van der Waals surface area contributed by atoms with Gasteiger partial charge in [0.05, 0.1) is 17.4 Å². The van der Waals surface area contributed by atoms with Crippen LogP contribution in [0.4, 0.5) is 11.4 Å². The summed E-state index contributed by atoms with van der Waals surface area (Å²) in [6.45, 7) is 1.84. The van der Waals surface area contributed by atoms with Crippen molar-refractivity contribution in [3.63, 3.8) is 0 Å². The molecule has 1 atom stereocenters. The normalized spacial score (nSPS) is 12.5. The Labute approximate surface area is 90.1 Å². The fraction of sp³-hybridized carbons (Fsp3) is 0.364. The van der Waals surface area contributed by atoms with Crippen LogP contribution >= 0.6 is 0 Å². The lowest BCUT2D eigenvalue weighted by Gasteiger charge is -2.19. The van der Waals surface area contributed by atoms with Gasteiger partial charge in [0, 0.05) is 0 Å². The largest absolute Gasteiger partial charge is 0.397 e. The number of nitrogens with zero attached hydrogens (tertiary/aromatic N) is 1. The van der Waals surface area contributed by atoms with Crippen LogP contribution in [0.5, 0.6) is 0 Å². The van der Waals surface area contributed by atoms with E-state index >= 15 is 0 Å². The second kappa shape index (κ2) is 4.79. The zero-order valence-corrected chi connectivity index (χ0v) is 9.32. The molecule has 0 aliphatic heterocycles. The van der Waals surface area contributed by atoms with Gasteiger partial charge in [-0.2, -0.15) is 0 Å². The number of hydrogen-bond donors (Lipinski definition) is 2. The van der Waals surface area contributed by atoms with Gasteiger partial charge in [-0.1, -0.05) is 12.1 Å². The fourth-order valence-electron chi connectivity index (χ4n) is 1.08. The molecular weight excluding hydrogens is 190 g/mol. The highest BCUT2D eigenvalue weighted by Gasteiger charge is 2.15. The highest BCUT2D eigenvalue weighted by molar-refractivity contribution is 5.96. The van der Waals surface area contributed by atoms with Crippen LogP contribution in [0, 0.1) is 0 Å². The number of benzene rings is 1. The summed E-state index contributed by atoms with van der Waals surface area (Å²) < 4.78 is 0. The summed E-state index contributed by atoms with van der Waals surface area (Å²) in [7, 11) is 3.72. The Morgan fingerprint density at radius 1 is 1.40 bits per heavy atom. The smallest absolute Gasteiger partial charge is 0.241 e. The minimum Gasteiger partial charge on any atom is -0.397 e. The SMILES string of the molecule is CC(C(=O)Nc1ccccc1N)N(C)C. The van der Waals surface area contributed by atoms with Crippen LogP contribution in [0.1, 0.15) is 6.92 Å². The van der Waals surface area contributed by atoms with E-state index in [1.54, 1.807) is 12.1 Å². The van der Waals surface area contributed by atoms with Crippen LogP contribution in [0.15, 0.2) is 24.3 Å². The van der Waals surface area contributed by atoms with Gasteiger partial charge in [0.2, 0.25) is 5.91 Å². The van der Waals surface area contributed by atoms with Crippen molar-refractivity contribution < 1.29 is 4.79 Å². The predicted octanol–water partition coefficient (Wildman–Crippen LogP) is 1.16. The lowest BCUT2D eigenvalue weighted by molar-refractivity contribution is -0.119. The molecular formula is C11H17N3O. The van der Waals surface area contributed by atoms with E-state index in [-0.39, 0.29) is 11.9 Å². The van der Waals surface area contributed by atoms with E-state index in [0.29, 0.717) is 11.4 Å². The average molecular weight is 207 g/mol. The van der Waals surface area contributed by atoms with Crippen molar-refractivity contribution in [1.29, 1.82) is 0 Å². The Morgan fingerprint density at radius 2 is 2.00 bits per heavy atom. The van der Waals surface area contributed by atoms with E-state index in [1.807, 2.05) is 38.1 Å². The monoisotopic (exact) mass is 207 g/mol. The van der Waals surface area contributed by atoms with Crippen LogP contribution in [0.3, 0.4) is 0 Å². The van der Waals surface area contributed by atoms with Crippen molar-refractivity contribution in [3.05, 3.63) is 24.3 Å². The number of carbonyl (C=O) groups excluding carboxylic acids is 1. The minimum atomic E-state index is -0.176. The summed E-state index contributed by atoms with van der Waals surface area (Å²) in [4.78, 5) is 13.5. The second-order valence-electron chi connectivity index (χ2n) is 3.72. The van der Waals surface area contributed by atoms with Gasteiger partial charge in [-0.3, -0.25) is 9.69 Å². The van der Waals surface area contributed by atoms with E-state index in [4.69, 9.17) is 5.73 Å². The molecule has 4 nitrogen and oxygen atoms in total. The van der Waals surface area contributed by atoms with Gasteiger partial charge in [-0.15, -0.1) is 0 Å². The zero-order chi connectivity index (χ0) is 11.4. The molecule has 0 spiro atoms. The van der Waals surface area contributed by atoms with Gasteiger partial charge in [0.25, 0.3) is 0 Å². The van der Waals surface area contributed by atoms with Crippen LogP contribution in [-0.2, 0) is 4.79 Å². The highest BCUT2D eigenvalue weighted by atomic mass is 16.2. The quantitative estimate of drug-likeness (QED) is 0.731. The number of likely N-dealkylation sites (N-methyl/N-ethyl adjacent to an activating group) is 1. The number of nitrogen functional groups attached to an aromatic ring is 1. The Bertz CT molecular complexity index is 349. The second-order valence-corrected chi connectivity index (χ2v) is 3.72. The maximum Gasteiger partial charge on any atom is 0.241 e. The Kier molecular flexibility index (Phi) is 3.68. The fourth-order valence-corrected chi connectivity index (χ4v) is 1.08. The molecule has 0 aromatic heterocycles. The Hall–Kier alpha value is -1.55. The maximum atomic E-state index is 11.7. The van der Waals surface area contributed by atoms with Gasteiger partial charge in [-0.25, -0.2) is 0 Å². The number of para-hydroxylation sites is 2. The maximum absolute atomic E-state index is 11.7. The summed E-state index contributed by atoms with van der Waals surface area (Å²) >= 11 is 0. The lowest BCUT2D eigenvalue weighted by atomic mass is 10.2. The first-order valence-corrected chi connectivity index (χ1v) is 4.84. The first kappa shape index (κ1) is 11.5. The molecule has 1 unspecified atom stereocenters. The van der Waals surface area contributed by atoms with Gasteiger partial charge in [-0.05, 0) is 33.2 Å². The Balaban J connectivity index is 2.71. The number of amides is 1.